The normalized spacial score (nSPS) is 11.6. The van der Waals surface area contributed by atoms with Gasteiger partial charge in [-0.2, -0.15) is 8.78 Å². The molecule has 0 aromatic carbocycles. The first-order valence-corrected chi connectivity index (χ1v) is 4.64. The molecule has 0 aliphatic heterocycles. The summed E-state index contributed by atoms with van der Waals surface area (Å²) in [5, 5.41) is 8.23. The van der Waals surface area contributed by atoms with Gasteiger partial charge >= 0.3 is 12.3 Å². The highest BCUT2D eigenvalue weighted by atomic mass is 35.5. The van der Waals surface area contributed by atoms with E-state index in [0.29, 0.717) is 0 Å². The summed E-state index contributed by atoms with van der Waals surface area (Å²) in [4.78, 5) is 11.2. The van der Waals surface area contributed by atoms with Crippen LogP contribution in [0, 0.1) is 0 Å². The van der Waals surface area contributed by atoms with Crippen LogP contribution in [0.1, 0.15) is 10.5 Å². The summed E-state index contributed by atoms with van der Waals surface area (Å²) in [5.41, 5.74) is -0.292. The molecule has 0 saturated carbocycles. The average Bonchev–Trinajstić information content (AvgIpc) is 2.27. The number of aromatic nitrogens is 2. The topological polar surface area (TPSA) is 54.9 Å². The monoisotopic (exact) mass is 271 g/mol. The molecule has 17 heavy (non-hydrogen) atoms. The van der Waals surface area contributed by atoms with Crippen LogP contribution in [0.15, 0.2) is 12.1 Å². The van der Waals surface area contributed by atoms with Crippen molar-refractivity contribution in [2.45, 2.75) is 12.3 Å². The molecule has 0 fully saturated rings. The number of amides is 1. The molecule has 4 nitrogen and oxygen atoms in total. The van der Waals surface area contributed by atoms with Crippen LogP contribution in [0.2, 0.25) is 5.15 Å². The van der Waals surface area contributed by atoms with E-state index in [2.05, 4.69) is 10.2 Å². The van der Waals surface area contributed by atoms with Gasteiger partial charge in [-0.25, -0.2) is 8.78 Å². The van der Waals surface area contributed by atoms with Gasteiger partial charge in [0.05, 0.1) is 6.54 Å². The van der Waals surface area contributed by atoms with Crippen LogP contribution in [-0.2, 0) is 0 Å². The Hall–Kier alpha value is -1.44. The van der Waals surface area contributed by atoms with Gasteiger partial charge in [0.1, 0.15) is 0 Å². The van der Waals surface area contributed by atoms with E-state index in [1.54, 1.807) is 5.32 Å². The van der Waals surface area contributed by atoms with Crippen molar-refractivity contribution in [1.82, 2.24) is 15.5 Å². The third-order valence-electron chi connectivity index (χ3n) is 1.67. The fourth-order valence-electron chi connectivity index (χ4n) is 0.803. The van der Waals surface area contributed by atoms with E-state index in [1.807, 2.05) is 0 Å². The number of hydrogen-bond donors (Lipinski definition) is 1. The van der Waals surface area contributed by atoms with Gasteiger partial charge in [-0.3, -0.25) is 4.79 Å². The number of hydrogen-bond acceptors (Lipinski definition) is 3. The third-order valence-corrected chi connectivity index (χ3v) is 1.87. The molecule has 0 radical (unpaired) electrons. The lowest BCUT2D eigenvalue weighted by atomic mass is 10.3. The summed E-state index contributed by atoms with van der Waals surface area (Å²) in [6.07, 6.45) is -3.85. The Bertz CT molecular complexity index is 398. The van der Waals surface area contributed by atoms with Crippen molar-refractivity contribution in [3.63, 3.8) is 0 Å². The minimum Gasteiger partial charge on any atom is -0.344 e. The maximum absolute atomic E-state index is 12.5. The number of nitrogens with one attached hydrogen (secondary N) is 1. The lowest BCUT2D eigenvalue weighted by Gasteiger charge is -2.15. The summed E-state index contributed by atoms with van der Waals surface area (Å²) < 4.78 is 48.5. The van der Waals surface area contributed by atoms with Crippen LogP contribution in [0.25, 0.3) is 0 Å². The predicted molar refractivity (Wildman–Crippen MR) is 50.3 cm³/mol. The molecule has 0 saturated heterocycles. The Morgan fingerprint density at radius 1 is 1.41 bits per heavy atom. The summed E-state index contributed by atoms with van der Waals surface area (Å²) in [6, 6.07) is 2.35. The van der Waals surface area contributed by atoms with E-state index < -0.39 is 24.8 Å². The van der Waals surface area contributed by atoms with E-state index in [4.69, 9.17) is 11.6 Å². The molecule has 1 rings (SSSR count). The van der Waals surface area contributed by atoms with Crippen molar-refractivity contribution < 1.29 is 22.4 Å². The van der Waals surface area contributed by atoms with Crippen LogP contribution in [0.4, 0.5) is 17.6 Å². The Balaban J connectivity index is 2.59. The molecular weight excluding hydrogens is 266 g/mol. The van der Waals surface area contributed by atoms with Gasteiger partial charge in [0.15, 0.2) is 10.8 Å². The molecule has 9 heteroatoms. The zero-order chi connectivity index (χ0) is 13.1. The smallest absolute Gasteiger partial charge is 0.324 e. The first-order chi connectivity index (χ1) is 7.83. The van der Waals surface area contributed by atoms with Gasteiger partial charge < -0.3 is 5.32 Å². The molecule has 1 amide bonds. The minimum absolute atomic E-state index is 0.0134. The van der Waals surface area contributed by atoms with Crippen LogP contribution >= 0.6 is 11.6 Å². The average molecular weight is 272 g/mol. The summed E-state index contributed by atoms with van der Waals surface area (Å²) in [7, 11) is 0. The van der Waals surface area contributed by atoms with Crippen LogP contribution in [-0.4, -0.2) is 35.0 Å². The Kier molecular flexibility index (Phi) is 4.22. The fraction of sp³-hybridized carbons (Fsp3) is 0.375. The maximum atomic E-state index is 12.5. The lowest BCUT2D eigenvalue weighted by molar-refractivity contribution is -0.123. The fourth-order valence-corrected chi connectivity index (χ4v) is 0.904. The molecule has 0 aliphatic carbocycles. The molecule has 94 valence electrons. The third kappa shape index (κ3) is 3.81. The molecule has 0 aliphatic rings. The number of rotatable bonds is 4. The number of halogens is 5. The second-order valence-corrected chi connectivity index (χ2v) is 3.37. The predicted octanol–water partition coefficient (Wildman–Crippen LogP) is 1.76. The van der Waals surface area contributed by atoms with Crippen molar-refractivity contribution in [3.05, 3.63) is 23.0 Å². The molecule has 1 N–H and O–H groups in total. The molecule has 0 spiro atoms. The highest BCUT2D eigenvalue weighted by Crippen LogP contribution is 2.21. The van der Waals surface area contributed by atoms with E-state index in [-0.39, 0.29) is 10.8 Å². The van der Waals surface area contributed by atoms with Crippen LogP contribution in [0.5, 0.6) is 0 Å². The Morgan fingerprint density at radius 3 is 2.53 bits per heavy atom. The number of carbonyl (C=O) groups excluding carboxylic acids is 1. The number of alkyl halides is 4. The standard InChI is InChI=1S/C8H6ClF4N3O/c9-5-2-1-4(15-16-5)6(17)14-3-8(12,13)7(10)11/h1-2,7H,3H2,(H,14,17). The molecule has 1 aromatic heterocycles. The van der Waals surface area contributed by atoms with E-state index in [9.17, 15) is 22.4 Å². The minimum atomic E-state index is -4.28. The van der Waals surface area contributed by atoms with Crippen molar-refractivity contribution in [2.75, 3.05) is 6.54 Å². The van der Waals surface area contributed by atoms with Gasteiger partial charge in [-0.15, -0.1) is 10.2 Å². The highest BCUT2D eigenvalue weighted by Gasteiger charge is 2.40. The van der Waals surface area contributed by atoms with Crippen molar-refractivity contribution in [1.29, 1.82) is 0 Å². The highest BCUT2D eigenvalue weighted by molar-refractivity contribution is 6.29. The first-order valence-electron chi connectivity index (χ1n) is 4.26. The van der Waals surface area contributed by atoms with Crippen molar-refractivity contribution >= 4 is 17.5 Å². The van der Waals surface area contributed by atoms with Crippen LogP contribution in [0.3, 0.4) is 0 Å². The molecular formula is C8H6ClF4N3O. The number of carbonyl (C=O) groups is 1. The van der Waals surface area contributed by atoms with Crippen molar-refractivity contribution in [2.24, 2.45) is 0 Å². The van der Waals surface area contributed by atoms with E-state index in [0.717, 1.165) is 6.07 Å². The first kappa shape index (κ1) is 13.6. The van der Waals surface area contributed by atoms with Gasteiger partial charge in [0, 0.05) is 0 Å². The van der Waals surface area contributed by atoms with Gasteiger partial charge in [-0.1, -0.05) is 11.6 Å². The van der Waals surface area contributed by atoms with E-state index in [1.165, 1.54) is 6.07 Å². The SMILES string of the molecule is O=C(NCC(F)(F)C(F)F)c1ccc(Cl)nn1. The second-order valence-electron chi connectivity index (χ2n) is 2.99. The summed E-state index contributed by atoms with van der Waals surface area (Å²) >= 11 is 5.38. The Morgan fingerprint density at radius 2 is 2.06 bits per heavy atom. The van der Waals surface area contributed by atoms with Gasteiger partial charge in [0.2, 0.25) is 0 Å². The molecule has 1 heterocycles. The van der Waals surface area contributed by atoms with Gasteiger partial charge in [0.25, 0.3) is 5.91 Å². The lowest BCUT2D eigenvalue weighted by Crippen LogP contribution is -2.41. The van der Waals surface area contributed by atoms with Crippen molar-refractivity contribution in [3.8, 4) is 0 Å². The molecule has 0 bridgehead atoms. The largest absolute Gasteiger partial charge is 0.344 e. The number of nitrogens with zero attached hydrogens (tertiary/aromatic N) is 2. The van der Waals surface area contributed by atoms with Gasteiger partial charge in [-0.05, 0) is 12.1 Å². The zero-order valence-electron chi connectivity index (χ0n) is 8.13. The molecule has 0 unspecified atom stereocenters. The maximum Gasteiger partial charge on any atom is 0.324 e. The van der Waals surface area contributed by atoms with E-state index >= 15 is 0 Å². The molecule has 1 aromatic rings. The second kappa shape index (κ2) is 5.26. The zero-order valence-corrected chi connectivity index (χ0v) is 8.89. The quantitative estimate of drug-likeness (QED) is 0.849. The Labute approximate surface area is 98.0 Å². The van der Waals surface area contributed by atoms with Crippen LogP contribution < -0.4 is 5.32 Å². The molecule has 0 atom stereocenters. The summed E-state index contributed by atoms with van der Waals surface area (Å²) in [6.45, 7) is -1.48. The summed E-state index contributed by atoms with van der Waals surface area (Å²) in [5.74, 6) is -5.32.